The molecule has 92 valence electrons. The van der Waals surface area contributed by atoms with E-state index in [1.165, 1.54) is 5.56 Å². The first-order chi connectivity index (χ1) is 8.11. The highest BCUT2D eigenvalue weighted by Gasteiger charge is 2.36. The van der Waals surface area contributed by atoms with E-state index in [0.717, 1.165) is 26.1 Å². The monoisotopic (exact) mass is 269 g/mol. The van der Waals surface area contributed by atoms with Crippen molar-refractivity contribution in [2.75, 3.05) is 19.6 Å². The molecule has 0 aliphatic carbocycles. The van der Waals surface area contributed by atoms with Crippen LogP contribution in [0, 0.1) is 0 Å². The Bertz CT molecular complexity index is 430. The number of hydrogen-bond acceptors (Lipinski definition) is 1. The molecule has 0 saturated carbocycles. The van der Waals surface area contributed by atoms with E-state index in [1.54, 1.807) is 0 Å². The highest BCUT2D eigenvalue weighted by Crippen LogP contribution is 2.37. The summed E-state index contributed by atoms with van der Waals surface area (Å²) >= 11 is 12.1. The van der Waals surface area contributed by atoms with Gasteiger partial charge in [-0.3, -0.25) is 0 Å². The molecule has 0 spiro atoms. The molecule has 2 rings (SSSR count). The van der Waals surface area contributed by atoms with Crippen LogP contribution in [0.4, 0.5) is 0 Å². The fraction of sp³-hybridized carbons (Fsp3) is 0.429. The molecule has 1 saturated heterocycles. The Balaban J connectivity index is 2.35. The minimum Gasteiger partial charge on any atom is -0.302 e. The van der Waals surface area contributed by atoms with Crippen LogP contribution < -0.4 is 0 Å². The van der Waals surface area contributed by atoms with Gasteiger partial charge in [-0.2, -0.15) is 0 Å². The molecule has 1 fully saturated rings. The first-order valence-corrected chi connectivity index (χ1v) is 6.68. The Morgan fingerprint density at radius 2 is 2.18 bits per heavy atom. The van der Waals surface area contributed by atoms with Crippen molar-refractivity contribution < 1.29 is 0 Å². The van der Waals surface area contributed by atoms with Crippen LogP contribution in [0.2, 0.25) is 10.0 Å². The third-order valence-electron chi connectivity index (χ3n) is 3.71. The van der Waals surface area contributed by atoms with Crippen LogP contribution in [-0.2, 0) is 5.41 Å². The summed E-state index contributed by atoms with van der Waals surface area (Å²) in [6.45, 7) is 9.41. The van der Waals surface area contributed by atoms with Gasteiger partial charge in [0, 0.05) is 12.0 Å². The van der Waals surface area contributed by atoms with E-state index in [-0.39, 0.29) is 5.41 Å². The molecule has 0 N–H and O–H groups in total. The van der Waals surface area contributed by atoms with Gasteiger partial charge >= 0.3 is 0 Å². The molecule has 0 radical (unpaired) electrons. The van der Waals surface area contributed by atoms with Gasteiger partial charge in [0.2, 0.25) is 0 Å². The quantitative estimate of drug-likeness (QED) is 0.746. The van der Waals surface area contributed by atoms with E-state index in [9.17, 15) is 0 Å². The van der Waals surface area contributed by atoms with E-state index < -0.39 is 0 Å². The summed E-state index contributed by atoms with van der Waals surface area (Å²) in [6.07, 6.45) is 3.16. The van der Waals surface area contributed by atoms with Gasteiger partial charge in [-0.15, -0.1) is 6.58 Å². The average molecular weight is 270 g/mol. The van der Waals surface area contributed by atoms with Crippen LogP contribution in [-0.4, -0.2) is 24.5 Å². The van der Waals surface area contributed by atoms with Crippen molar-refractivity contribution in [3.63, 3.8) is 0 Å². The van der Waals surface area contributed by atoms with Crippen LogP contribution in [0.5, 0.6) is 0 Å². The van der Waals surface area contributed by atoms with Crippen LogP contribution in [0.3, 0.4) is 0 Å². The molecule has 1 aromatic carbocycles. The van der Waals surface area contributed by atoms with E-state index in [1.807, 2.05) is 12.1 Å². The Morgan fingerprint density at radius 1 is 1.41 bits per heavy atom. The summed E-state index contributed by atoms with van der Waals surface area (Å²) < 4.78 is 0. The predicted octanol–water partition coefficient (Wildman–Crippen LogP) is 4.14. The molecule has 3 heteroatoms. The van der Waals surface area contributed by atoms with Crippen molar-refractivity contribution in [3.05, 3.63) is 46.5 Å². The zero-order chi connectivity index (χ0) is 12.5. The number of rotatable bonds is 3. The normalized spacial score (nSPS) is 25.1. The molecule has 1 heterocycles. The number of likely N-dealkylation sites (N-methyl/N-ethyl adjacent to an activating group) is 1. The van der Waals surface area contributed by atoms with E-state index in [0.29, 0.717) is 10.0 Å². The van der Waals surface area contributed by atoms with Gasteiger partial charge in [0.15, 0.2) is 0 Å². The van der Waals surface area contributed by atoms with Crippen molar-refractivity contribution in [1.82, 2.24) is 4.90 Å². The maximum absolute atomic E-state index is 6.10. The molecule has 1 aromatic rings. The van der Waals surface area contributed by atoms with Crippen LogP contribution in [0.25, 0.3) is 0 Å². The topological polar surface area (TPSA) is 3.24 Å². The minimum absolute atomic E-state index is 0.0320. The highest BCUT2D eigenvalue weighted by molar-refractivity contribution is 6.42. The van der Waals surface area contributed by atoms with Crippen LogP contribution >= 0.6 is 23.2 Å². The molecule has 1 nitrogen and oxygen atoms in total. The third kappa shape index (κ3) is 2.37. The van der Waals surface area contributed by atoms with Crippen LogP contribution in [0.1, 0.15) is 18.9 Å². The van der Waals surface area contributed by atoms with Gasteiger partial charge in [-0.05, 0) is 37.2 Å². The lowest BCUT2D eigenvalue weighted by atomic mass is 9.80. The largest absolute Gasteiger partial charge is 0.302 e. The lowest BCUT2D eigenvalue weighted by molar-refractivity contribution is 0.342. The molecular formula is C14H17Cl2N. The smallest absolute Gasteiger partial charge is 0.0595 e. The summed E-state index contributed by atoms with van der Waals surface area (Å²) in [6, 6.07) is 5.92. The van der Waals surface area contributed by atoms with Crippen molar-refractivity contribution in [2.45, 2.75) is 18.8 Å². The minimum atomic E-state index is 0.0320. The van der Waals surface area contributed by atoms with Gasteiger partial charge in [0.05, 0.1) is 10.0 Å². The molecule has 0 aromatic heterocycles. The van der Waals surface area contributed by atoms with Gasteiger partial charge < -0.3 is 4.90 Å². The predicted molar refractivity (Wildman–Crippen MR) is 75.1 cm³/mol. The van der Waals surface area contributed by atoms with Gasteiger partial charge in [-0.25, -0.2) is 0 Å². The Kier molecular flexibility index (Phi) is 3.82. The maximum atomic E-state index is 6.10. The number of benzene rings is 1. The van der Waals surface area contributed by atoms with E-state index in [2.05, 4.69) is 30.5 Å². The molecule has 1 aliphatic heterocycles. The van der Waals surface area contributed by atoms with Gasteiger partial charge in [0.1, 0.15) is 0 Å². The summed E-state index contributed by atoms with van der Waals surface area (Å²) in [5.74, 6) is 0. The zero-order valence-corrected chi connectivity index (χ0v) is 11.6. The maximum Gasteiger partial charge on any atom is 0.0595 e. The molecule has 0 amide bonds. The Morgan fingerprint density at radius 3 is 2.71 bits per heavy atom. The number of nitrogens with zero attached hydrogens (tertiary/aromatic N) is 1. The summed E-state index contributed by atoms with van der Waals surface area (Å²) in [5.41, 5.74) is 1.25. The summed E-state index contributed by atoms with van der Waals surface area (Å²) in [7, 11) is 0. The number of hydrogen-bond donors (Lipinski definition) is 0. The molecular weight excluding hydrogens is 253 g/mol. The summed E-state index contributed by atoms with van der Waals surface area (Å²) in [5, 5.41) is 1.24. The molecule has 1 atom stereocenters. The summed E-state index contributed by atoms with van der Waals surface area (Å²) in [4.78, 5) is 2.43. The van der Waals surface area contributed by atoms with Crippen molar-refractivity contribution >= 4 is 23.2 Å². The molecule has 1 unspecified atom stereocenters. The Hall–Kier alpha value is -0.500. The molecule has 1 aliphatic rings. The van der Waals surface area contributed by atoms with Gasteiger partial charge in [0.25, 0.3) is 0 Å². The fourth-order valence-corrected chi connectivity index (χ4v) is 2.81. The van der Waals surface area contributed by atoms with Crippen molar-refractivity contribution in [2.24, 2.45) is 0 Å². The van der Waals surface area contributed by atoms with Gasteiger partial charge in [-0.1, -0.05) is 42.3 Å². The van der Waals surface area contributed by atoms with E-state index in [4.69, 9.17) is 23.2 Å². The lowest BCUT2D eigenvalue weighted by Crippen LogP contribution is -2.29. The molecule has 0 bridgehead atoms. The lowest BCUT2D eigenvalue weighted by Gasteiger charge is -2.26. The first-order valence-electron chi connectivity index (χ1n) is 5.93. The number of likely N-dealkylation sites (tertiary alicyclic amines) is 1. The first kappa shape index (κ1) is 12.9. The van der Waals surface area contributed by atoms with Crippen molar-refractivity contribution in [3.8, 4) is 0 Å². The SMILES string of the molecule is C=CC1(c2ccc(Cl)c(Cl)c2)CCN(CC)C1. The zero-order valence-electron chi connectivity index (χ0n) is 10.0. The van der Waals surface area contributed by atoms with Crippen molar-refractivity contribution in [1.29, 1.82) is 0 Å². The molecule has 17 heavy (non-hydrogen) atoms. The number of halogens is 2. The second-order valence-corrected chi connectivity index (χ2v) is 5.42. The fourth-order valence-electron chi connectivity index (χ4n) is 2.51. The average Bonchev–Trinajstić information content (AvgIpc) is 2.77. The standard InChI is InChI=1S/C14H17Cl2N/c1-3-14(7-8-17(4-2)10-14)11-5-6-12(15)13(16)9-11/h3,5-6,9H,1,4,7-8,10H2,2H3. The van der Waals surface area contributed by atoms with E-state index >= 15 is 0 Å². The third-order valence-corrected chi connectivity index (χ3v) is 4.45. The second-order valence-electron chi connectivity index (χ2n) is 4.61. The Labute approximate surface area is 113 Å². The van der Waals surface area contributed by atoms with Crippen LogP contribution in [0.15, 0.2) is 30.9 Å². The highest BCUT2D eigenvalue weighted by atomic mass is 35.5. The second kappa shape index (κ2) is 5.01.